The lowest BCUT2D eigenvalue weighted by Crippen LogP contribution is -1.99. The molecule has 3 nitrogen and oxygen atoms in total. The lowest BCUT2D eigenvalue weighted by atomic mass is 10.1. The van der Waals surface area contributed by atoms with E-state index in [1.165, 1.54) is 0 Å². The molecule has 0 amide bonds. The SMILES string of the molecule is Cc1ccc2nc(Cl)c(CCC(=O)O)cc2c1. The monoisotopic (exact) mass is 249 g/mol. The molecule has 0 bridgehead atoms. The van der Waals surface area contributed by atoms with Gasteiger partial charge in [-0.3, -0.25) is 4.79 Å². The Morgan fingerprint density at radius 2 is 2.18 bits per heavy atom. The summed E-state index contributed by atoms with van der Waals surface area (Å²) in [6.07, 6.45) is 0.476. The van der Waals surface area contributed by atoms with Crippen LogP contribution >= 0.6 is 11.6 Å². The van der Waals surface area contributed by atoms with Crippen LogP contribution in [0.4, 0.5) is 0 Å². The van der Waals surface area contributed by atoms with Gasteiger partial charge in [-0.15, -0.1) is 0 Å². The fourth-order valence-electron chi connectivity index (χ4n) is 1.73. The van der Waals surface area contributed by atoms with Crippen LogP contribution in [-0.4, -0.2) is 16.1 Å². The summed E-state index contributed by atoms with van der Waals surface area (Å²) < 4.78 is 0. The standard InChI is InChI=1S/C13H12ClNO2/c1-8-2-4-11-10(6-8)7-9(13(14)15-11)3-5-12(16)17/h2,4,6-7H,3,5H2,1H3,(H,16,17). The minimum absolute atomic E-state index is 0.0682. The van der Waals surface area contributed by atoms with E-state index in [9.17, 15) is 4.79 Å². The average molecular weight is 250 g/mol. The summed E-state index contributed by atoms with van der Waals surface area (Å²) in [6, 6.07) is 7.82. The van der Waals surface area contributed by atoms with E-state index in [4.69, 9.17) is 16.7 Å². The van der Waals surface area contributed by atoms with Crippen LogP contribution < -0.4 is 0 Å². The predicted octanol–water partition coefficient (Wildman–Crippen LogP) is 3.21. The van der Waals surface area contributed by atoms with Crippen molar-refractivity contribution in [1.82, 2.24) is 4.98 Å². The molecule has 1 aromatic carbocycles. The topological polar surface area (TPSA) is 50.2 Å². The molecule has 88 valence electrons. The molecule has 0 atom stereocenters. The Bertz CT molecular complexity index is 581. The number of carbonyl (C=O) groups is 1. The van der Waals surface area contributed by atoms with Crippen molar-refractivity contribution in [2.75, 3.05) is 0 Å². The Hall–Kier alpha value is -1.61. The van der Waals surface area contributed by atoms with Gasteiger partial charge < -0.3 is 5.11 Å². The van der Waals surface area contributed by atoms with E-state index in [2.05, 4.69) is 4.98 Å². The first kappa shape index (κ1) is 11.9. The highest BCUT2D eigenvalue weighted by Gasteiger charge is 2.07. The first-order chi connectivity index (χ1) is 8.06. The van der Waals surface area contributed by atoms with Gasteiger partial charge in [0.15, 0.2) is 0 Å². The smallest absolute Gasteiger partial charge is 0.303 e. The van der Waals surface area contributed by atoms with E-state index in [0.717, 1.165) is 22.0 Å². The van der Waals surface area contributed by atoms with E-state index >= 15 is 0 Å². The number of aromatic nitrogens is 1. The van der Waals surface area contributed by atoms with Gasteiger partial charge in [-0.25, -0.2) is 4.98 Å². The van der Waals surface area contributed by atoms with Gasteiger partial charge in [0.2, 0.25) is 0 Å². The minimum atomic E-state index is -0.828. The molecule has 2 aromatic rings. The molecule has 0 aliphatic heterocycles. The van der Waals surface area contributed by atoms with Crippen molar-refractivity contribution in [2.24, 2.45) is 0 Å². The molecule has 17 heavy (non-hydrogen) atoms. The number of carboxylic acid groups (broad SMARTS) is 1. The van der Waals surface area contributed by atoms with Crippen molar-refractivity contribution in [2.45, 2.75) is 19.8 Å². The number of aliphatic carboxylic acids is 1. The Morgan fingerprint density at radius 1 is 1.41 bits per heavy atom. The first-order valence-electron chi connectivity index (χ1n) is 5.34. The van der Waals surface area contributed by atoms with Crippen molar-refractivity contribution in [1.29, 1.82) is 0 Å². The number of carboxylic acids is 1. The third kappa shape index (κ3) is 2.74. The van der Waals surface area contributed by atoms with Crippen LogP contribution in [0.15, 0.2) is 24.3 Å². The van der Waals surface area contributed by atoms with Gasteiger partial charge in [-0.1, -0.05) is 23.2 Å². The lowest BCUT2D eigenvalue weighted by molar-refractivity contribution is -0.136. The van der Waals surface area contributed by atoms with Crippen LogP contribution in [0.3, 0.4) is 0 Å². The number of nitrogens with zero attached hydrogens (tertiary/aromatic N) is 1. The van der Waals surface area contributed by atoms with Crippen molar-refractivity contribution < 1.29 is 9.90 Å². The van der Waals surface area contributed by atoms with Crippen LogP contribution in [0.1, 0.15) is 17.5 Å². The number of benzene rings is 1. The van der Waals surface area contributed by atoms with Gasteiger partial charge in [0.1, 0.15) is 5.15 Å². The number of hydrogen-bond acceptors (Lipinski definition) is 2. The third-order valence-corrected chi connectivity index (χ3v) is 2.93. The van der Waals surface area contributed by atoms with E-state index in [0.29, 0.717) is 11.6 Å². The highest BCUT2D eigenvalue weighted by molar-refractivity contribution is 6.30. The molecule has 0 saturated heterocycles. The van der Waals surface area contributed by atoms with Gasteiger partial charge in [-0.05, 0) is 37.1 Å². The fourth-order valence-corrected chi connectivity index (χ4v) is 1.97. The first-order valence-corrected chi connectivity index (χ1v) is 5.71. The Kier molecular flexibility index (Phi) is 3.29. The average Bonchev–Trinajstić information content (AvgIpc) is 2.26. The van der Waals surface area contributed by atoms with E-state index in [-0.39, 0.29) is 6.42 Å². The molecule has 0 aliphatic carbocycles. The molecular formula is C13H12ClNO2. The maximum absolute atomic E-state index is 10.5. The third-order valence-electron chi connectivity index (χ3n) is 2.60. The van der Waals surface area contributed by atoms with Gasteiger partial charge >= 0.3 is 5.97 Å². The highest BCUT2D eigenvalue weighted by atomic mass is 35.5. The van der Waals surface area contributed by atoms with E-state index in [1.54, 1.807) is 0 Å². The maximum atomic E-state index is 10.5. The molecule has 1 heterocycles. The highest BCUT2D eigenvalue weighted by Crippen LogP contribution is 2.22. The summed E-state index contributed by atoms with van der Waals surface area (Å²) in [5, 5.41) is 10.0. The summed E-state index contributed by atoms with van der Waals surface area (Å²) in [5.41, 5.74) is 2.76. The number of hydrogen-bond donors (Lipinski definition) is 1. The summed E-state index contributed by atoms with van der Waals surface area (Å²) in [6.45, 7) is 2.00. The van der Waals surface area contributed by atoms with Gasteiger partial charge in [0.25, 0.3) is 0 Å². The Morgan fingerprint density at radius 3 is 2.88 bits per heavy atom. The number of halogens is 1. The number of fused-ring (bicyclic) bond motifs is 1. The van der Waals surface area contributed by atoms with Crippen LogP contribution in [-0.2, 0) is 11.2 Å². The molecule has 0 saturated carbocycles. The normalized spacial score (nSPS) is 10.7. The zero-order valence-electron chi connectivity index (χ0n) is 9.40. The molecule has 0 fully saturated rings. The molecule has 0 radical (unpaired) electrons. The quantitative estimate of drug-likeness (QED) is 0.850. The molecule has 0 unspecified atom stereocenters. The summed E-state index contributed by atoms with van der Waals surface area (Å²) in [4.78, 5) is 14.8. The Labute approximate surface area is 104 Å². The molecule has 0 spiro atoms. The number of pyridine rings is 1. The lowest BCUT2D eigenvalue weighted by Gasteiger charge is -2.05. The molecule has 1 N–H and O–H groups in total. The van der Waals surface area contributed by atoms with Gasteiger partial charge in [0.05, 0.1) is 5.52 Å². The van der Waals surface area contributed by atoms with Crippen LogP contribution in [0.5, 0.6) is 0 Å². The summed E-state index contributed by atoms with van der Waals surface area (Å²) in [5.74, 6) is -0.828. The predicted molar refractivity (Wildman–Crippen MR) is 67.4 cm³/mol. The minimum Gasteiger partial charge on any atom is -0.481 e. The second-order valence-electron chi connectivity index (χ2n) is 4.03. The molecule has 1 aromatic heterocycles. The fraction of sp³-hybridized carbons (Fsp3) is 0.231. The molecule has 0 aliphatic rings. The zero-order valence-corrected chi connectivity index (χ0v) is 10.2. The van der Waals surface area contributed by atoms with E-state index in [1.807, 2.05) is 31.2 Å². The molecule has 2 rings (SSSR count). The van der Waals surface area contributed by atoms with Gasteiger partial charge in [-0.2, -0.15) is 0 Å². The van der Waals surface area contributed by atoms with Crippen LogP contribution in [0, 0.1) is 6.92 Å². The van der Waals surface area contributed by atoms with Gasteiger partial charge in [0, 0.05) is 11.8 Å². The zero-order chi connectivity index (χ0) is 12.4. The summed E-state index contributed by atoms with van der Waals surface area (Å²) in [7, 11) is 0. The van der Waals surface area contributed by atoms with Crippen LogP contribution in [0.25, 0.3) is 10.9 Å². The molecular weight excluding hydrogens is 238 g/mol. The van der Waals surface area contributed by atoms with Crippen LogP contribution in [0.2, 0.25) is 5.15 Å². The van der Waals surface area contributed by atoms with E-state index < -0.39 is 5.97 Å². The number of aryl methyl sites for hydroxylation is 2. The van der Waals surface area contributed by atoms with Crippen molar-refractivity contribution in [3.05, 3.63) is 40.5 Å². The number of rotatable bonds is 3. The molecule has 4 heteroatoms. The van der Waals surface area contributed by atoms with Crippen molar-refractivity contribution in [3.8, 4) is 0 Å². The largest absolute Gasteiger partial charge is 0.481 e. The summed E-state index contributed by atoms with van der Waals surface area (Å²) >= 11 is 6.02. The second kappa shape index (κ2) is 4.72. The van der Waals surface area contributed by atoms with Crippen molar-refractivity contribution >= 4 is 28.5 Å². The Balaban J connectivity index is 2.42. The van der Waals surface area contributed by atoms with Crippen molar-refractivity contribution in [3.63, 3.8) is 0 Å². The maximum Gasteiger partial charge on any atom is 0.303 e. The second-order valence-corrected chi connectivity index (χ2v) is 4.39.